The fraction of sp³-hybridized carbons (Fsp3) is 0.579. The average Bonchev–Trinajstić information content (AvgIpc) is 2.43. The Kier molecular flexibility index (Phi) is 7.24. The van der Waals surface area contributed by atoms with Crippen molar-refractivity contribution >= 4 is 22.1 Å². The Morgan fingerprint density at radius 3 is 1.71 bits per heavy atom. The minimum absolute atomic E-state index is 0.0695. The molecule has 0 amide bonds. The molecule has 0 aliphatic heterocycles. The minimum atomic E-state index is -3.69. The lowest BCUT2D eigenvalue weighted by atomic mass is 9.91. The summed E-state index contributed by atoms with van der Waals surface area (Å²) in [5.41, 5.74) is 4.86. The summed E-state index contributed by atoms with van der Waals surface area (Å²) in [7, 11) is -3.69. The van der Waals surface area contributed by atoms with E-state index in [1.165, 1.54) is 24.3 Å². The molecule has 0 radical (unpaired) electrons. The second-order valence-corrected chi connectivity index (χ2v) is 10.0. The quantitative estimate of drug-likeness (QED) is 0.554. The number of hydrogen-bond donors (Lipinski definition) is 1. The maximum absolute atomic E-state index is 12.7. The number of benzene rings is 1. The summed E-state index contributed by atoms with van der Waals surface area (Å²) >= 11 is 0. The van der Waals surface area contributed by atoms with Crippen LogP contribution in [0.3, 0.4) is 0 Å². The van der Waals surface area contributed by atoms with Crippen molar-refractivity contribution in [3.63, 3.8) is 0 Å². The zero-order valence-electron chi connectivity index (χ0n) is 17.3. The third-order valence-corrected chi connectivity index (χ3v) is 3.68. The molecule has 8 nitrogen and oxygen atoms in total. The summed E-state index contributed by atoms with van der Waals surface area (Å²) in [5.74, 6) is -2.51. The zero-order chi connectivity index (χ0) is 21.9. The van der Waals surface area contributed by atoms with Gasteiger partial charge in [-0.2, -0.15) is 8.42 Å². The Morgan fingerprint density at radius 2 is 1.32 bits per heavy atom. The van der Waals surface area contributed by atoms with Gasteiger partial charge in [0.05, 0.1) is 6.26 Å². The molecule has 1 rings (SSSR count). The summed E-state index contributed by atoms with van der Waals surface area (Å²) < 4.78 is 38.0. The Balaban J connectivity index is 3.23. The summed E-state index contributed by atoms with van der Waals surface area (Å²) in [5, 5.41) is 0. The molecule has 0 aliphatic rings. The van der Waals surface area contributed by atoms with Crippen molar-refractivity contribution in [1.29, 1.82) is 0 Å². The van der Waals surface area contributed by atoms with E-state index in [2.05, 4.69) is 0 Å². The van der Waals surface area contributed by atoms with Crippen molar-refractivity contribution < 1.29 is 31.7 Å². The van der Waals surface area contributed by atoms with Gasteiger partial charge in [0.15, 0.2) is 0 Å². The van der Waals surface area contributed by atoms with Crippen LogP contribution in [-0.2, 0) is 29.2 Å². The average molecular weight is 416 g/mol. The molecule has 0 fully saturated rings. The minimum Gasteiger partial charge on any atom is -0.459 e. The van der Waals surface area contributed by atoms with Gasteiger partial charge < -0.3 is 19.4 Å². The molecule has 28 heavy (non-hydrogen) atoms. The molecule has 0 aromatic heterocycles. The van der Waals surface area contributed by atoms with E-state index in [1.54, 1.807) is 41.5 Å². The highest BCUT2D eigenvalue weighted by Gasteiger charge is 2.37. The van der Waals surface area contributed by atoms with Crippen LogP contribution >= 0.6 is 0 Å². The number of nitrogens with two attached hydrogens (primary N) is 1. The van der Waals surface area contributed by atoms with Crippen LogP contribution in [0.5, 0.6) is 5.75 Å². The van der Waals surface area contributed by atoms with E-state index in [9.17, 15) is 18.0 Å². The van der Waals surface area contributed by atoms with Gasteiger partial charge >= 0.3 is 22.1 Å². The first kappa shape index (κ1) is 23.9. The molecule has 2 unspecified atom stereocenters. The number of esters is 2. The Bertz CT molecular complexity index is 802. The number of carbonyl (C=O) groups is 2. The maximum atomic E-state index is 12.7. The van der Waals surface area contributed by atoms with Gasteiger partial charge in [-0.25, -0.2) is 0 Å². The fourth-order valence-corrected chi connectivity index (χ4v) is 2.73. The van der Waals surface area contributed by atoms with Crippen LogP contribution in [0.15, 0.2) is 24.3 Å². The highest BCUT2D eigenvalue weighted by Crippen LogP contribution is 2.27. The predicted octanol–water partition coefficient (Wildman–Crippen LogP) is 2.12. The van der Waals surface area contributed by atoms with Crippen molar-refractivity contribution in [1.82, 2.24) is 0 Å². The molecule has 0 bridgehead atoms. The molecule has 9 heteroatoms. The molecule has 0 aliphatic carbocycles. The SMILES string of the molecule is CC(C)(C)OC(=O)C(N)C(C(=O)OC(C)(C)C)c1ccc(OS(C)(=O)=O)cc1. The summed E-state index contributed by atoms with van der Waals surface area (Å²) in [6.45, 7) is 10.2. The molecule has 1 aromatic rings. The lowest BCUT2D eigenvalue weighted by Gasteiger charge is -2.29. The third-order valence-electron chi connectivity index (χ3n) is 3.19. The van der Waals surface area contributed by atoms with Crippen LogP contribution in [-0.4, -0.2) is 43.9 Å². The van der Waals surface area contributed by atoms with Crippen molar-refractivity contribution in [2.45, 2.75) is 64.7 Å². The first-order chi connectivity index (χ1) is 12.5. The Hall–Kier alpha value is -2.13. The second kappa shape index (κ2) is 8.48. The van der Waals surface area contributed by atoms with E-state index in [0.29, 0.717) is 5.56 Å². The van der Waals surface area contributed by atoms with Crippen LogP contribution in [0.4, 0.5) is 0 Å². The Labute approximate surface area is 166 Å². The molecule has 0 heterocycles. The lowest BCUT2D eigenvalue weighted by molar-refractivity contribution is -0.165. The first-order valence-electron chi connectivity index (χ1n) is 8.69. The largest absolute Gasteiger partial charge is 0.459 e. The molecule has 2 atom stereocenters. The molecule has 0 saturated heterocycles. The molecule has 0 spiro atoms. The topological polar surface area (TPSA) is 122 Å². The standard InChI is InChI=1S/C19H29NO7S/c1-18(2,3)25-16(21)14(15(20)17(22)26-19(4,5)6)12-8-10-13(11-9-12)27-28(7,23)24/h8-11,14-15H,20H2,1-7H3. The number of hydrogen-bond acceptors (Lipinski definition) is 8. The van der Waals surface area contributed by atoms with E-state index in [4.69, 9.17) is 19.4 Å². The van der Waals surface area contributed by atoms with Gasteiger partial charge in [0.25, 0.3) is 0 Å². The molecular weight excluding hydrogens is 386 g/mol. The van der Waals surface area contributed by atoms with Crippen molar-refractivity contribution in [3.8, 4) is 5.75 Å². The first-order valence-corrected chi connectivity index (χ1v) is 10.5. The smallest absolute Gasteiger partial charge is 0.324 e. The fourth-order valence-electron chi connectivity index (χ4n) is 2.27. The second-order valence-electron chi connectivity index (χ2n) is 8.43. The molecule has 0 saturated carbocycles. The van der Waals surface area contributed by atoms with E-state index in [0.717, 1.165) is 6.26 Å². The van der Waals surface area contributed by atoms with Crippen molar-refractivity contribution in [2.75, 3.05) is 6.26 Å². The number of ether oxygens (including phenoxy) is 2. The van der Waals surface area contributed by atoms with E-state index >= 15 is 0 Å². The van der Waals surface area contributed by atoms with Gasteiger partial charge in [-0.1, -0.05) is 12.1 Å². The lowest BCUT2D eigenvalue weighted by Crippen LogP contribution is -2.45. The van der Waals surface area contributed by atoms with E-state index in [1.807, 2.05) is 0 Å². The Morgan fingerprint density at radius 1 is 0.893 bits per heavy atom. The molecule has 2 N–H and O–H groups in total. The van der Waals surface area contributed by atoms with E-state index < -0.39 is 45.2 Å². The molecular formula is C19H29NO7S. The summed E-state index contributed by atoms with van der Waals surface area (Å²) in [6.07, 6.45) is 0.919. The van der Waals surface area contributed by atoms with Crippen LogP contribution in [0.1, 0.15) is 53.0 Å². The van der Waals surface area contributed by atoms with E-state index in [-0.39, 0.29) is 5.75 Å². The third kappa shape index (κ3) is 8.26. The van der Waals surface area contributed by atoms with Gasteiger partial charge in [-0.15, -0.1) is 0 Å². The van der Waals surface area contributed by atoms with Gasteiger partial charge in [0.2, 0.25) is 0 Å². The van der Waals surface area contributed by atoms with Gasteiger partial charge in [0, 0.05) is 0 Å². The van der Waals surface area contributed by atoms with Crippen LogP contribution < -0.4 is 9.92 Å². The van der Waals surface area contributed by atoms with Crippen molar-refractivity contribution in [3.05, 3.63) is 29.8 Å². The number of carbonyl (C=O) groups excluding carboxylic acids is 2. The summed E-state index contributed by atoms with van der Waals surface area (Å²) in [6, 6.07) is 4.35. The maximum Gasteiger partial charge on any atom is 0.324 e. The normalized spacial score (nSPS) is 14.7. The highest BCUT2D eigenvalue weighted by molar-refractivity contribution is 7.86. The van der Waals surface area contributed by atoms with Gasteiger partial charge in [0.1, 0.15) is 28.9 Å². The zero-order valence-corrected chi connectivity index (χ0v) is 18.1. The van der Waals surface area contributed by atoms with Crippen LogP contribution in [0.2, 0.25) is 0 Å². The van der Waals surface area contributed by atoms with Gasteiger partial charge in [-0.05, 0) is 59.2 Å². The highest BCUT2D eigenvalue weighted by atomic mass is 32.2. The van der Waals surface area contributed by atoms with Crippen LogP contribution in [0.25, 0.3) is 0 Å². The van der Waals surface area contributed by atoms with Crippen LogP contribution in [0, 0.1) is 0 Å². The monoisotopic (exact) mass is 415 g/mol. The molecule has 158 valence electrons. The molecule has 1 aromatic carbocycles. The van der Waals surface area contributed by atoms with Crippen molar-refractivity contribution in [2.24, 2.45) is 5.73 Å². The number of rotatable bonds is 6. The summed E-state index contributed by atoms with van der Waals surface area (Å²) in [4.78, 5) is 25.2. The predicted molar refractivity (Wildman–Crippen MR) is 104 cm³/mol. The van der Waals surface area contributed by atoms with Gasteiger partial charge in [-0.3, -0.25) is 9.59 Å².